The summed E-state index contributed by atoms with van der Waals surface area (Å²) in [5.41, 5.74) is -1.77. The third kappa shape index (κ3) is 3.28. The topological polar surface area (TPSA) is 176 Å². The summed E-state index contributed by atoms with van der Waals surface area (Å²) < 4.78 is 0. The van der Waals surface area contributed by atoms with Crippen molar-refractivity contribution in [1.82, 2.24) is 0 Å². The maximum atomic E-state index is 11.5. The molecular formula is C21H16O9. The lowest BCUT2D eigenvalue weighted by molar-refractivity contribution is 0.0678. The number of hydrogen-bond donors (Lipinski definition) is 7. The summed E-state index contributed by atoms with van der Waals surface area (Å²) in [6.07, 6.45) is 0. The Morgan fingerprint density at radius 2 is 1.00 bits per heavy atom. The van der Waals surface area contributed by atoms with E-state index in [-0.39, 0.29) is 22.4 Å². The quantitative estimate of drug-likeness (QED) is 0.311. The molecule has 0 heterocycles. The SMILES string of the molecule is O=C(O)c1c(O)ccc(C(c2ccccc2O)c2ccc(O)c(C(=O)O)c2O)c1O. The van der Waals surface area contributed by atoms with Gasteiger partial charge in [-0.15, -0.1) is 0 Å². The molecule has 7 N–H and O–H groups in total. The minimum Gasteiger partial charge on any atom is -0.508 e. The lowest BCUT2D eigenvalue weighted by atomic mass is 9.82. The van der Waals surface area contributed by atoms with E-state index in [9.17, 15) is 45.3 Å². The Labute approximate surface area is 169 Å². The van der Waals surface area contributed by atoms with Gasteiger partial charge >= 0.3 is 11.9 Å². The molecule has 9 nitrogen and oxygen atoms in total. The van der Waals surface area contributed by atoms with Crippen molar-refractivity contribution < 1.29 is 45.3 Å². The Hall–Kier alpha value is -4.40. The molecule has 0 aromatic heterocycles. The van der Waals surface area contributed by atoms with Gasteiger partial charge in [0.1, 0.15) is 39.9 Å². The van der Waals surface area contributed by atoms with Crippen LogP contribution in [0.5, 0.6) is 28.7 Å². The normalized spacial score (nSPS) is 10.8. The maximum Gasteiger partial charge on any atom is 0.343 e. The van der Waals surface area contributed by atoms with E-state index in [4.69, 9.17) is 0 Å². The van der Waals surface area contributed by atoms with Crippen molar-refractivity contribution in [2.24, 2.45) is 0 Å². The van der Waals surface area contributed by atoms with Crippen molar-refractivity contribution in [2.45, 2.75) is 5.92 Å². The van der Waals surface area contributed by atoms with Crippen LogP contribution in [0, 0.1) is 0 Å². The summed E-state index contributed by atoms with van der Waals surface area (Å²) in [5.74, 6) is -7.85. The molecule has 0 aliphatic carbocycles. The molecule has 0 unspecified atom stereocenters. The van der Waals surface area contributed by atoms with E-state index in [1.54, 1.807) is 0 Å². The molecule has 0 aliphatic rings. The lowest BCUT2D eigenvalue weighted by Gasteiger charge is -2.23. The zero-order valence-electron chi connectivity index (χ0n) is 15.1. The first-order valence-electron chi connectivity index (χ1n) is 8.49. The summed E-state index contributed by atoms with van der Waals surface area (Å²) in [7, 11) is 0. The molecule has 0 spiro atoms. The highest BCUT2D eigenvalue weighted by Crippen LogP contribution is 2.47. The van der Waals surface area contributed by atoms with Crippen LogP contribution in [0.4, 0.5) is 0 Å². The van der Waals surface area contributed by atoms with Crippen molar-refractivity contribution in [3.8, 4) is 28.7 Å². The van der Waals surface area contributed by atoms with Crippen LogP contribution in [0.15, 0.2) is 48.5 Å². The summed E-state index contributed by atoms with van der Waals surface area (Å²) in [6, 6.07) is 10.2. The second kappa shape index (κ2) is 7.55. The standard InChI is InChI=1S/C21H16O9/c22-12-4-2-1-3-9(12)15(10-5-7-13(23)16(18(10)25)20(27)28)11-6-8-14(24)17(19(11)26)21(29)30/h1-8,15,22-26H,(H,27,28)(H,29,30). The third-order valence-corrected chi connectivity index (χ3v) is 4.67. The first kappa shape index (κ1) is 20.3. The average Bonchev–Trinajstić information content (AvgIpc) is 2.66. The minimum atomic E-state index is -1.62. The van der Waals surface area contributed by atoms with Gasteiger partial charge < -0.3 is 35.7 Å². The number of rotatable bonds is 5. The van der Waals surface area contributed by atoms with Crippen molar-refractivity contribution in [3.63, 3.8) is 0 Å². The Balaban J connectivity index is 2.41. The number of phenols is 5. The number of aromatic carboxylic acids is 2. The molecule has 0 fully saturated rings. The van der Waals surface area contributed by atoms with Crippen LogP contribution in [0.2, 0.25) is 0 Å². The number of carbonyl (C=O) groups is 2. The first-order valence-corrected chi connectivity index (χ1v) is 8.49. The van der Waals surface area contributed by atoms with Gasteiger partial charge in [-0.3, -0.25) is 0 Å². The number of para-hydroxylation sites is 1. The van der Waals surface area contributed by atoms with Crippen LogP contribution in [0.1, 0.15) is 43.3 Å². The van der Waals surface area contributed by atoms with E-state index in [0.717, 1.165) is 12.1 Å². The predicted octanol–water partition coefficient (Wildman–Crippen LogP) is 2.79. The molecule has 30 heavy (non-hydrogen) atoms. The van der Waals surface area contributed by atoms with Gasteiger partial charge in [-0.2, -0.15) is 0 Å². The first-order chi connectivity index (χ1) is 14.1. The largest absolute Gasteiger partial charge is 0.508 e. The predicted molar refractivity (Wildman–Crippen MR) is 103 cm³/mol. The van der Waals surface area contributed by atoms with E-state index in [2.05, 4.69) is 0 Å². The fourth-order valence-electron chi connectivity index (χ4n) is 3.32. The fraction of sp³-hybridized carbons (Fsp3) is 0.0476. The van der Waals surface area contributed by atoms with E-state index >= 15 is 0 Å². The molecule has 0 amide bonds. The van der Waals surface area contributed by atoms with Gasteiger partial charge in [-0.1, -0.05) is 30.3 Å². The molecule has 9 heteroatoms. The number of hydrogen-bond acceptors (Lipinski definition) is 7. The Morgan fingerprint density at radius 3 is 1.40 bits per heavy atom. The van der Waals surface area contributed by atoms with Gasteiger partial charge in [-0.05, 0) is 18.2 Å². The van der Waals surface area contributed by atoms with Crippen LogP contribution in [-0.4, -0.2) is 47.7 Å². The summed E-state index contributed by atoms with van der Waals surface area (Å²) in [4.78, 5) is 23.0. The highest BCUT2D eigenvalue weighted by atomic mass is 16.4. The molecule has 3 aromatic carbocycles. The monoisotopic (exact) mass is 412 g/mol. The number of benzene rings is 3. The second-order valence-electron chi connectivity index (χ2n) is 6.40. The molecule has 154 valence electrons. The molecule has 0 aliphatic heterocycles. The van der Waals surface area contributed by atoms with Crippen LogP contribution in [0.3, 0.4) is 0 Å². The number of carboxylic acid groups (broad SMARTS) is 2. The van der Waals surface area contributed by atoms with Crippen molar-refractivity contribution >= 4 is 11.9 Å². The number of phenolic OH excluding ortho intramolecular Hbond substituents is 1. The third-order valence-electron chi connectivity index (χ3n) is 4.67. The van der Waals surface area contributed by atoms with Crippen LogP contribution >= 0.6 is 0 Å². The van der Waals surface area contributed by atoms with Gasteiger partial charge in [-0.25, -0.2) is 9.59 Å². The average molecular weight is 412 g/mol. The summed E-state index contributed by atoms with van der Waals surface area (Å²) in [6.45, 7) is 0. The highest BCUT2D eigenvalue weighted by Gasteiger charge is 2.31. The number of aromatic hydroxyl groups is 5. The minimum absolute atomic E-state index is 0.104. The fourth-order valence-corrected chi connectivity index (χ4v) is 3.32. The maximum absolute atomic E-state index is 11.5. The second-order valence-corrected chi connectivity index (χ2v) is 6.40. The highest BCUT2D eigenvalue weighted by molar-refractivity contribution is 5.96. The van der Waals surface area contributed by atoms with Crippen molar-refractivity contribution in [1.29, 1.82) is 0 Å². The molecule has 0 atom stereocenters. The summed E-state index contributed by atoms with van der Waals surface area (Å²) >= 11 is 0. The smallest absolute Gasteiger partial charge is 0.343 e. The zero-order chi connectivity index (χ0) is 22.2. The van der Waals surface area contributed by atoms with E-state index in [1.807, 2.05) is 0 Å². The van der Waals surface area contributed by atoms with Gasteiger partial charge in [0.25, 0.3) is 0 Å². The molecular weight excluding hydrogens is 396 g/mol. The van der Waals surface area contributed by atoms with Crippen LogP contribution in [-0.2, 0) is 0 Å². The van der Waals surface area contributed by atoms with Crippen molar-refractivity contribution in [2.75, 3.05) is 0 Å². The molecule has 3 rings (SSSR count). The molecule has 0 radical (unpaired) electrons. The Bertz CT molecular complexity index is 1100. The summed E-state index contributed by atoms with van der Waals surface area (Å²) in [5, 5.41) is 69.8. The van der Waals surface area contributed by atoms with E-state index in [0.29, 0.717) is 0 Å². The van der Waals surface area contributed by atoms with E-state index < -0.39 is 52.0 Å². The Kier molecular flexibility index (Phi) is 5.12. The molecule has 3 aromatic rings. The molecule has 0 saturated carbocycles. The lowest BCUT2D eigenvalue weighted by Crippen LogP contribution is -2.09. The zero-order valence-corrected chi connectivity index (χ0v) is 15.1. The van der Waals surface area contributed by atoms with Gasteiger partial charge in [0, 0.05) is 22.6 Å². The Morgan fingerprint density at radius 1 is 0.567 bits per heavy atom. The van der Waals surface area contributed by atoms with Gasteiger partial charge in [0.2, 0.25) is 0 Å². The van der Waals surface area contributed by atoms with Gasteiger partial charge in [0.05, 0.1) is 0 Å². The van der Waals surface area contributed by atoms with Gasteiger partial charge in [0.15, 0.2) is 0 Å². The number of carboxylic acids is 2. The van der Waals surface area contributed by atoms with Crippen molar-refractivity contribution in [3.05, 3.63) is 76.3 Å². The van der Waals surface area contributed by atoms with E-state index in [1.165, 1.54) is 36.4 Å². The van der Waals surface area contributed by atoms with Crippen LogP contribution < -0.4 is 0 Å². The van der Waals surface area contributed by atoms with Crippen LogP contribution in [0.25, 0.3) is 0 Å². The molecule has 0 bridgehead atoms. The molecule has 0 saturated heterocycles.